The largest absolute Gasteiger partial charge is 0.503 e. The number of nitrogens with one attached hydrogen (secondary N) is 1. The van der Waals surface area contributed by atoms with Gasteiger partial charge in [0.05, 0.1) is 11.6 Å². The van der Waals surface area contributed by atoms with Crippen LogP contribution in [0.3, 0.4) is 0 Å². The molecular weight excluding hydrogens is 446 g/mol. The van der Waals surface area contributed by atoms with Gasteiger partial charge in [0.15, 0.2) is 23.1 Å². The third-order valence-corrected chi connectivity index (χ3v) is 6.93. The molecule has 2 aliphatic carbocycles. The molecule has 0 unspecified atom stereocenters. The predicted molar refractivity (Wildman–Crippen MR) is 118 cm³/mol. The molecule has 1 aliphatic heterocycles. The first-order valence-electron chi connectivity index (χ1n) is 10.3. The highest BCUT2D eigenvalue weighted by Gasteiger charge is 2.46. The van der Waals surface area contributed by atoms with Crippen LogP contribution in [0.25, 0.3) is 0 Å². The van der Waals surface area contributed by atoms with Crippen molar-refractivity contribution in [3.8, 4) is 11.5 Å². The molecule has 160 valence electrons. The van der Waals surface area contributed by atoms with Crippen LogP contribution < -0.4 is 10.1 Å². The second-order valence-electron chi connectivity index (χ2n) is 10.3. The number of methoxy groups -OCH3 is 1. The maximum atomic E-state index is 13.3. The number of carbonyl (C=O) groups is 2. The summed E-state index contributed by atoms with van der Waals surface area (Å²) < 4.78 is 5.83. The zero-order valence-corrected chi connectivity index (χ0v) is 19.7. The first kappa shape index (κ1) is 21.2. The Morgan fingerprint density at radius 2 is 1.47 bits per heavy atom. The Labute approximate surface area is 185 Å². The van der Waals surface area contributed by atoms with Gasteiger partial charge in [-0.1, -0.05) is 27.7 Å². The van der Waals surface area contributed by atoms with Crippen molar-refractivity contribution in [2.24, 2.45) is 10.8 Å². The van der Waals surface area contributed by atoms with E-state index in [-0.39, 0.29) is 28.1 Å². The average molecular weight is 474 g/mol. The fraction of sp³-hybridized carbons (Fsp3) is 0.500. The van der Waals surface area contributed by atoms with Crippen LogP contribution in [0.1, 0.15) is 64.9 Å². The van der Waals surface area contributed by atoms with E-state index in [1.165, 1.54) is 7.11 Å². The number of allylic oxidation sites excluding steroid dienone is 4. The van der Waals surface area contributed by atoms with E-state index >= 15 is 0 Å². The molecule has 2 N–H and O–H groups in total. The van der Waals surface area contributed by atoms with Crippen molar-refractivity contribution < 1.29 is 19.4 Å². The zero-order valence-electron chi connectivity index (χ0n) is 18.1. The molecule has 6 heteroatoms. The maximum absolute atomic E-state index is 13.3. The highest BCUT2D eigenvalue weighted by atomic mass is 79.9. The number of Topliss-reactive ketones (excluding diaryl/α,β-unsaturated/α-hetero) is 2. The summed E-state index contributed by atoms with van der Waals surface area (Å²) in [6.07, 6.45) is 2.41. The molecule has 0 amide bonds. The number of phenolic OH excluding ortho intramolecular Hbond substituents is 1. The summed E-state index contributed by atoms with van der Waals surface area (Å²) in [5.74, 6) is 0.0200. The Morgan fingerprint density at radius 1 is 0.967 bits per heavy atom. The van der Waals surface area contributed by atoms with E-state index in [0.717, 1.165) is 29.8 Å². The van der Waals surface area contributed by atoms with Gasteiger partial charge in [0.2, 0.25) is 0 Å². The number of dihydropyridines is 1. The maximum Gasteiger partial charge on any atom is 0.172 e. The summed E-state index contributed by atoms with van der Waals surface area (Å²) in [6.45, 7) is 8.41. The number of carbonyl (C=O) groups excluding carboxylic acids is 2. The Hall–Kier alpha value is -2.08. The van der Waals surface area contributed by atoms with Gasteiger partial charge >= 0.3 is 0 Å². The van der Waals surface area contributed by atoms with Crippen LogP contribution in [0.15, 0.2) is 39.1 Å². The predicted octanol–water partition coefficient (Wildman–Crippen LogP) is 5.14. The second kappa shape index (κ2) is 6.98. The van der Waals surface area contributed by atoms with Gasteiger partial charge in [-0.3, -0.25) is 9.59 Å². The van der Waals surface area contributed by atoms with Gasteiger partial charge in [-0.15, -0.1) is 0 Å². The topological polar surface area (TPSA) is 75.6 Å². The van der Waals surface area contributed by atoms with Crippen LogP contribution >= 0.6 is 15.9 Å². The number of phenols is 1. The minimum Gasteiger partial charge on any atom is -0.503 e. The molecule has 0 saturated heterocycles. The molecule has 30 heavy (non-hydrogen) atoms. The van der Waals surface area contributed by atoms with E-state index < -0.39 is 5.92 Å². The van der Waals surface area contributed by atoms with Crippen molar-refractivity contribution in [2.75, 3.05) is 7.11 Å². The third-order valence-electron chi connectivity index (χ3n) is 6.32. The molecule has 0 spiro atoms. The molecule has 4 rings (SSSR count). The van der Waals surface area contributed by atoms with E-state index in [1.54, 1.807) is 12.1 Å². The van der Waals surface area contributed by atoms with Gasteiger partial charge in [-0.05, 0) is 57.3 Å². The summed E-state index contributed by atoms with van der Waals surface area (Å²) in [7, 11) is 1.49. The number of ether oxygens (including phenoxy) is 1. The first-order chi connectivity index (χ1) is 13.9. The first-order valence-corrected chi connectivity index (χ1v) is 11.1. The molecule has 0 bridgehead atoms. The van der Waals surface area contributed by atoms with Gasteiger partial charge in [-0.2, -0.15) is 0 Å². The number of hydrogen-bond acceptors (Lipinski definition) is 5. The molecule has 0 saturated carbocycles. The van der Waals surface area contributed by atoms with Gasteiger partial charge < -0.3 is 15.2 Å². The molecule has 1 heterocycles. The van der Waals surface area contributed by atoms with Gasteiger partial charge in [0.25, 0.3) is 0 Å². The summed E-state index contributed by atoms with van der Waals surface area (Å²) in [4.78, 5) is 26.6. The molecule has 3 aliphatic rings. The standard InChI is InChI=1S/C24H28BrNO4/c1-23(2)8-14-20(16(27)10-23)19(12-6-13(25)22(29)18(7-12)30-5)21-15(26-14)9-24(3,4)11-17(21)28/h6-7,19,26,29H,8-11H2,1-5H3. The minimum absolute atomic E-state index is 0.00537. The number of aromatic hydroxyl groups is 1. The number of rotatable bonds is 2. The molecule has 0 aromatic heterocycles. The molecular formula is C24H28BrNO4. The van der Waals surface area contributed by atoms with E-state index in [4.69, 9.17) is 4.74 Å². The van der Waals surface area contributed by atoms with Crippen molar-refractivity contribution in [2.45, 2.75) is 59.3 Å². The van der Waals surface area contributed by atoms with Crippen LogP contribution in [0.5, 0.6) is 11.5 Å². The molecule has 1 aromatic carbocycles. The lowest BCUT2D eigenvalue weighted by molar-refractivity contribution is -0.119. The van der Waals surface area contributed by atoms with Crippen LogP contribution in [-0.2, 0) is 9.59 Å². The second-order valence-corrected chi connectivity index (χ2v) is 11.1. The van der Waals surface area contributed by atoms with E-state index in [1.807, 2.05) is 0 Å². The van der Waals surface area contributed by atoms with Crippen molar-refractivity contribution >= 4 is 27.5 Å². The molecule has 0 atom stereocenters. The molecule has 1 aromatic rings. The van der Waals surface area contributed by atoms with Gasteiger partial charge in [0, 0.05) is 41.3 Å². The number of benzene rings is 1. The smallest absolute Gasteiger partial charge is 0.172 e. The Balaban J connectivity index is 1.96. The lowest BCUT2D eigenvalue weighted by Crippen LogP contribution is -2.42. The quantitative estimate of drug-likeness (QED) is 0.621. The van der Waals surface area contributed by atoms with E-state index in [2.05, 4.69) is 48.9 Å². The summed E-state index contributed by atoms with van der Waals surface area (Å²) in [6, 6.07) is 3.54. The number of hydrogen-bond donors (Lipinski definition) is 2. The van der Waals surface area contributed by atoms with Crippen LogP contribution in [0.2, 0.25) is 0 Å². The molecule has 0 radical (unpaired) electrons. The fourth-order valence-corrected chi connectivity index (χ4v) is 5.60. The monoisotopic (exact) mass is 473 g/mol. The zero-order chi connectivity index (χ0) is 22.0. The van der Waals surface area contributed by atoms with Crippen LogP contribution in [0, 0.1) is 10.8 Å². The normalized spacial score (nSPS) is 23.1. The highest BCUT2D eigenvalue weighted by molar-refractivity contribution is 9.10. The SMILES string of the molecule is COc1cc(C2C3=C(CC(C)(C)CC3=O)NC3=C2C(=O)CC(C)(C)C3)cc(Br)c1O. The van der Waals surface area contributed by atoms with Gasteiger partial charge in [-0.25, -0.2) is 0 Å². The Bertz CT molecular complexity index is 980. The number of halogens is 1. The Morgan fingerprint density at radius 3 is 1.93 bits per heavy atom. The van der Waals surface area contributed by atoms with Crippen molar-refractivity contribution in [1.29, 1.82) is 0 Å². The fourth-order valence-electron chi connectivity index (χ4n) is 5.14. The highest BCUT2D eigenvalue weighted by Crippen LogP contribution is 2.52. The summed E-state index contributed by atoms with van der Waals surface area (Å²) in [5.41, 5.74) is 3.72. The van der Waals surface area contributed by atoms with E-state index in [0.29, 0.717) is 34.2 Å². The molecule has 5 nitrogen and oxygen atoms in total. The van der Waals surface area contributed by atoms with Crippen LogP contribution in [-0.4, -0.2) is 23.8 Å². The van der Waals surface area contributed by atoms with Crippen molar-refractivity contribution in [3.63, 3.8) is 0 Å². The number of ketones is 2. The Kier molecular flexibility index (Phi) is 4.92. The lowest BCUT2D eigenvalue weighted by atomic mass is 9.64. The van der Waals surface area contributed by atoms with Crippen molar-refractivity contribution in [1.82, 2.24) is 5.32 Å². The summed E-state index contributed by atoms with van der Waals surface area (Å²) >= 11 is 3.40. The van der Waals surface area contributed by atoms with Gasteiger partial charge in [0.1, 0.15) is 0 Å². The minimum atomic E-state index is -0.450. The van der Waals surface area contributed by atoms with Crippen LogP contribution in [0.4, 0.5) is 0 Å². The van der Waals surface area contributed by atoms with E-state index in [9.17, 15) is 14.7 Å². The van der Waals surface area contributed by atoms with Crippen molar-refractivity contribution in [3.05, 3.63) is 44.7 Å². The molecule has 0 fully saturated rings. The average Bonchev–Trinajstić information content (AvgIpc) is 2.60. The summed E-state index contributed by atoms with van der Waals surface area (Å²) in [5, 5.41) is 13.8. The lowest BCUT2D eigenvalue weighted by Gasteiger charge is -2.44. The third kappa shape index (κ3) is 3.49.